The molecule has 0 radical (unpaired) electrons. The molecule has 2 heteroatoms. The van der Waals surface area contributed by atoms with Crippen LogP contribution in [0.15, 0.2) is 60.7 Å². The third-order valence-electron chi connectivity index (χ3n) is 2.43. The molecule has 2 aromatic carbocycles. The van der Waals surface area contributed by atoms with E-state index in [1.165, 1.54) is 5.56 Å². The standard InChI is InChI=1S/C16H17AsO/c1-13(17)10-11-14-6-5-9-16(12-14)18-15-7-3-2-4-8-15/h2-13H,17H2,1H3/b11-10+. The van der Waals surface area contributed by atoms with Gasteiger partial charge in [0.15, 0.2) is 0 Å². The zero-order chi connectivity index (χ0) is 12.8. The van der Waals surface area contributed by atoms with Crippen molar-refractivity contribution in [3.8, 4) is 11.5 Å². The van der Waals surface area contributed by atoms with E-state index in [9.17, 15) is 0 Å². The molecule has 2 atom stereocenters. The quantitative estimate of drug-likeness (QED) is 0.777. The minimum atomic E-state index is 0.621. The fourth-order valence-corrected chi connectivity index (χ4v) is 1.80. The van der Waals surface area contributed by atoms with E-state index in [1.54, 1.807) is 16.9 Å². The molecule has 2 unspecified atom stereocenters. The van der Waals surface area contributed by atoms with Gasteiger partial charge in [0.05, 0.1) is 0 Å². The van der Waals surface area contributed by atoms with Crippen molar-refractivity contribution in [2.75, 3.05) is 0 Å². The van der Waals surface area contributed by atoms with Crippen LogP contribution in [0.3, 0.4) is 0 Å². The molecule has 0 N–H and O–H groups in total. The van der Waals surface area contributed by atoms with E-state index in [4.69, 9.17) is 4.74 Å². The first kappa shape index (κ1) is 13.0. The van der Waals surface area contributed by atoms with E-state index in [-0.39, 0.29) is 0 Å². The SMILES string of the molecule is CC([AsH2])/C=C/c1cccc(Oc2ccccc2)c1. The zero-order valence-electron chi connectivity index (χ0n) is 10.4. The Labute approximate surface area is 117 Å². The first-order valence-corrected chi connectivity index (χ1v) is 7.41. The van der Waals surface area contributed by atoms with Crippen molar-refractivity contribution in [3.05, 3.63) is 66.2 Å². The summed E-state index contributed by atoms with van der Waals surface area (Å²) in [6.45, 7) is 2.20. The van der Waals surface area contributed by atoms with Gasteiger partial charge in [-0.05, 0) is 0 Å². The summed E-state index contributed by atoms with van der Waals surface area (Å²) in [5.41, 5.74) is 1.17. The van der Waals surface area contributed by atoms with Gasteiger partial charge in [0.2, 0.25) is 0 Å². The molecule has 2 rings (SSSR count). The second-order valence-corrected chi connectivity index (χ2v) is 6.41. The molecule has 0 aliphatic carbocycles. The first-order chi connectivity index (χ1) is 8.74. The topological polar surface area (TPSA) is 9.23 Å². The van der Waals surface area contributed by atoms with Crippen LogP contribution in [0, 0.1) is 0 Å². The molecule has 0 heterocycles. The number of hydrogen-bond donors (Lipinski definition) is 0. The Kier molecular flexibility index (Phi) is 4.66. The molecule has 18 heavy (non-hydrogen) atoms. The molecule has 0 amide bonds. The van der Waals surface area contributed by atoms with Gasteiger partial charge in [-0.2, -0.15) is 0 Å². The van der Waals surface area contributed by atoms with Crippen LogP contribution in [0.2, 0.25) is 4.71 Å². The Morgan fingerprint density at radius 1 is 1.00 bits per heavy atom. The number of rotatable bonds is 4. The van der Waals surface area contributed by atoms with Gasteiger partial charge < -0.3 is 0 Å². The summed E-state index contributed by atoms with van der Waals surface area (Å²) < 4.78 is 6.42. The van der Waals surface area contributed by atoms with Gasteiger partial charge in [-0.1, -0.05) is 0 Å². The van der Waals surface area contributed by atoms with Crippen LogP contribution in [-0.2, 0) is 0 Å². The summed E-state index contributed by atoms with van der Waals surface area (Å²) >= 11 is 1.73. The summed E-state index contributed by atoms with van der Waals surface area (Å²) in [6.07, 6.45) is 4.35. The molecule has 0 aliphatic rings. The average molecular weight is 300 g/mol. The van der Waals surface area contributed by atoms with E-state index in [0.717, 1.165) is 11.5 Å². The maximum atomic E-state index is 5.80. The van der Waals surface area contributed by atoms with Gasteiger partial charge >= 0.3 is 117 Å². The predicted octanol–water partition coefficient (Wildman–Crippen LogP) is 3.93. The van der Waals surface area contributed by atoms with Crippen molar-refractivity contribution in [1.82, 2.24) is 0 Å². The molecule has 0 saturated heterocycles. The molecule has 0 bridgehead atoms. The third-order valence-corrected chi connectivity index (χ3v) is 2.90. The molecule has 1 nitrogen and oxygen atoms in total. The second-order valence-electron chi connectivity index (χ2n) is 4.21. The molecule has 0 aliphatic heterocycles. The summed E-state index contributed by atoms with van der Waals surface area (Å²) in [4.78, 5) is 0. The van der Waals surface area contributed by atoms with Crippen LogP contribution in [0.1, 0.15) is 12.5 Å². The van der Waals surface area contributed by atoms with Gasteiger partial charge in [-0.15, -0.1) is 0 Å². The van der Waals surface area contributed by atoms with Crippen molar-refractivity contribution in [1.29, 1.82) is 0 Å². The molecule has 0 spiro atoms. The molecule has 0 aromatic heterocycles. The summed E-state index contributed by atoms with van der Waals surface area (Å²) in [7, 11) is 0. The van der Waals surface area contributed by atoms with Crippen LogP contribution in [0.25, 0.3) is 6.08 Å². The van der Waals surface area contributed by atoms with Crippen molar-refractivity contribution in [3.63, 3.8) is 0 Å². The summed E-state index contributed by atoms with van der Waals surface area (Å²) in [6, 6.07) is 18.0. The van der Waals surface area contributed by atoms with Crippen LogP contribution < -0.4 is 4.74 Å². The van der Waals surface area contributed by atoms with Gasteiger partial charge in [0.1, 0.15) is 0 Å². The number of hydrogen-bond acceptors (Lipinski definition) is 1. The molecule has 0 fully saturated rings. The van der Waals surface area contributed by atoms with Crippen LogP contribution in [-0.4, -0.2) is 16.9 Å². The zero-order valence-corrected chi connectivity index (χ0v) is 12.8. The Bertz CT molecular complexity index is 518. The van der Waals surface area contributed by atoms with Gasteiger partial charge in [-0.25, -0.2) is 0 Å². The van der Waals surface area contributed by atoms with Crippen LogP contribution >= 0.6 is 0 Å². The van der Waals surface area contributed by atoms with Crippen molar-refractivity contribution in [2.45, 2.75) is 11.6 Å². The number of ether oxygens (including phenoxy) is 1. The van der Waals surface area contributed by atoms with Crippen molar-refractivity contribution < 1.29 is 4.74 Å². The van der Waals surface area contributed by atoms with E-state index in [1.807, 2.05) is 42.5 Å². The second kappa shape index (κ2) is 6.47. The molecular formula is C16H17AsO. The van der Waals surface area contributed by atoms with E-state index in [0.29, 0.717) is 4.71 Å². The number of benzene rings is 2. The molecular weight excluding hydrogens is 283 g/mol. The average Bonchev–Trinajstić information content (AvgIpc) is 2.38. The van der Waals surface area contributed by atoms with Crippen LogP contribution in [0.4, 0.5) is 0 Å². The van der Waals surface area contributed by atoms with Crippen LogP contribution in [0.5, 0.6) is 11.5 Å². The monoisotopic (exact) mass is 300 g/mol. The summed E-state index contributed by atoms with van der Waals surface area (Å²) in [5, 5.41) is 0. The van der Waals surface area contributed by atoms with Gasteiger partial charge in [0, 0.05) is 0 Å². The molecule has 2 aromatic rings. The van der Waals surface area contributed by atoms with Crippen molar-refractivity contribution >= 4 is 22.9 Å². The van der Waals surface area contributed by atoms with Crippen molar-refractivity contribution in [2.24, 2.45) is 0 Å². The fourth-order valence-electron chi connectivity index (χ4n) is 1.57. The third kappa shape index (κ3) is 4.09. The van der Waals surface area contributed by atoms with E-state index in [2.05, 4.69) is 31.2 Å². The Hall–Kier alpha value is -1.46. The molecule has 92 valence electrons. The van der Waals surface area contributed by atoms with Gasteiger partial charge in [0.25, 0.3) is 0 Å². The maximum absolute atomic E-state index is 5.80. The number of para-hydroxylation sites is 1. The fraction of sp³-hybridized carbons (Fsp3) is 0.125. The first-order valence-electron chi connectivity index (χ1n) is 6.01. The molecule has 0 saturated carbocycles. The predicted molar refractivity (Wildman–Crippen MR) is 80.0 cm³/mol. The summed E-state index contributed by atoms with van der Waals surface area (Å²) in [5.74, 6) is 1.74. The Morgan fingerprint density at radius 3 is 2.44 bits per heavy atom. The van der Waals surface area contributed by atoms with E-state index >= 15 is 0 Å². The Balaban J connectivity index is 2.13. The Morgan fingerprint density at radius 2 is 1.72 bits per heavy atom. The van der Waals surface area contributed by atoms with E-state index < -0.39 is 0 Å². The van der Waals surface area contributed by atoms with Gasteiger partial charge in [-0.3, -0.25) is 0 Å². The minimum absolute atomic E-state index is 0.621. The number of allylic oxidation sites excluding steroid dienone is 1. The normalized spacial score (nSPS) is 12.6.